The molecule has 5 nitrogen and oxygen atoms in total. The molecular formula is C9H13N5. The van der Waals surface area contributed by atoms with Crippen molar-refractivity contribution in [2.24, 2.45) is 0 Å². The van der Waals surface area contributed by atoms with Crippen molar-refractivity contribution in [1.29, 1.82) is 0 Å². The highest BCUT2D eigenvalue weighted by molar-refractivity contribution is 5.34. The first kappa shape index (κ1) is 10.2. The maximum atomic E-state index is 5.45. The van der Waals surface area contributed by atoms with Crippen molar-refractivity contribution < 1.29 is 0 Å². The van der Waals surface area contributed by atoms with Crippen LogP contribution in [0.2, 0.25) is 0 Å². The monoisotopic (exact) mass is 191 g/mol. The van der Waals surface area contributed by atoms with Gasteiger partial charge in [0.1, 0.15) is 6.33 Å². The molecule has 1 aromatic rings. The van der Waals surface area contributed by atoms with Crippen molar-refractivity contribution in [3.63, 3.8) is 0 Å². The minimum Gasteiger partial charge on any atom is -0.368 e. The summed E-state index contributed by atoms with van der Waals surface area (Å²) in [5, 5.41) is 0. The normalized spacial score (nSPS) is 9.43. The van der Waals surface area contributed by atoms with Crippen LogP contribution in [0.15, 0.2) is 31.6 Å². The second kappa shape index (κ2) is 4.96. The van der Waals surface area contributed by atoms with Crippen LogP contribution >= 0.6 is 0 Å². The zero-order valence-corrected chi connectivity index (χ0v) is 7.93. The van der Waals surface area contributed by atoms with E-state index < -0.39 is 0 Å². The third-order valence-electron chi connectivity index (χ3n) is 1.56. The molecule has 0 unspecified atom stereocenters. The van der Waals surface area contributed by atoms with E-state index in [0.717, 1.165) is 0 Å². The Morgan fingerprint density at radius 1 is 1.29 bits per heavy atom. The predicted octanol–water partition coefficient (Wildman–Crippen LogP) is 0.632. The van der Waals surface area contributed by atoms with Crippen LogP contribution < -0.4 is 10.6 Å². The fraction of sp³-hybridized carbons (Fsp3) is 0.222. The summed E-state index contributed by atoms with van der Waals surface area (Å²) >= 11 is 0. The third kappa shape index (κ3) is 2.55. The first-order valence-corrected chi connectivity index (χ1v) is 4.19. The van der Waals surface area contributed by atoms with Gasteiger partial charge in [0.25, 0.3) is 0 Å². The largest absolute Gasteiger partial charge is 0.368 e. The quantitative estimate of drug-likeness (QED) is 0.691. The number of rotatable bonds is 5. The van der Waals surface area contributed by atoms with E-state index in [1.54, 1.807) is 12.2 Å². The summed E-state index contributed by atoms with van der Waals surface area (Å²) in [6.07, 6.45) is 4.92. The van der Waals surface area contributed by atoms with E-state index in [1.165, 1.54) is 6.33 Å². The molecule has 0 amide bonds. The molecule has 1 heterocycles. The fourth-order valence-corrected chi connectivity index (χ4v) is 1.00. The summed E-state index contributed by atoms with van der Waals surface area (Å²) in [4.78, 5) is 13.6. The molecule has 0 aromatic carbocycles. The number of nitrogens with two attached hydrogens (primary N) is 1. The van der Waals surface area contributed by atoms with Gasteiger partial charge in [0.15, 0.2) is 0 Å². The van der Waals surface area contributed by atoms with Crippen LogP contribution in [-0.4, -0.2) is 28.0 Å². The predicted molar refractivity (Wildman–Crippen MR) is 56.8 cm³/mol. The lowest BCUT2D eigenvalue weighted by Crippen LogP contribution is -2.25. The fourth-order valence-electron chi connectivity index (χ4n) is 1.00. The average Bonchev–Trinajstić information content (AvgIpc) is 2.17. The average molecular weight is 191 g/mol. The lowest BCUT2D eigenvalue weighted by Gasteiger charge is -2.18. The highest BCUT2D eigenvalue weighted by atomic mass is 15.3. The Morgan fingerprint density at radius 3 is 2.43 bits per heavy atom. The van der Waals surface area contributed by atoms with E-state index in [0.29, 0.717) is 19.0 Å². The van der Waals surface area contributed by atoms with E-state index in [1.807, 2.05) is 4.90 Å². The Morgan fingerprint density at radius 2 is 1.93 bits per heavy atom. The topological polar surface area (TPSA) is 67.9 Å². The second-order valence-electron chi connectivity index (χ2n) is 2.63. The lowest BCUT2D eigenvalue weighted by molar-refractivity contribution is 0.876. The molecule has 0 bridgehead atoms. The summed E-state index contributed by atoms with van der Waals surface area (Å²) in [6.45, 7) is 8.60. The molecule has 2 N–H and O–H groups in total. The summed E-state index contributed by atoms with van der Waals surface area (Å²) in [7, 11) is 0. The van der Waals surface area contributed by atoms with Crippen LogP contribution in [-0.2, 0) is 0 Å². The molecule has 0 aliphatic rings. The molecule has 0 fully saturated rings. The smallest absolute Gasteiger partial charge is 0.230 e. The van der Waals surface area contributed by atoms with Crippen molar-refractivity contribution >= 4 is 11.9 Å². The zero-order chi connectivity index (χ0) is 10.4. The zero-order valence-electron chi connectivity index (χ0n) is 7.93. The van der Waals surface area contributed by atoms with Crippen molar-refractivity contribution in [3.8, 4) is 0 Å². The number of anilines is 2. The van der Waals surface area contributed by atoms with E-state index in [2.05, 4.69) is 28.1 Å². The standard InChI is InChI=1S/C9H13N5/c1-3-5-14(6-4-2)9-12-7-11-8(10)13-9/h3-4,7H,1-2,5-6H2,(H2,10,11,12,13). The Kier molecular flexibility index (Phi) is 3.60. The van der Waals surface area contributed by atoms with Gasteiger partial charge in [0, 0.05) is 13.1 Å². The van der Waals surface area contributed by atoms with Gasteiger partial charge in [-0.25, -0.2) is 9.97 Å². The number of nitrogen functional groups attached to an aromatic ring is 1. The molecule has 5 heteroatoms. The van der Waals surface area contributed by atoms with E-state index >= 15 is 0 Å². The number of hydrogen-bond donors (Lipinski definition) is 1. The maximum absolute atomic E-state index is 5.45. The molecular weight excluding hydrogens is 178 g/mol. The highest BCUT2D eigenvalue weighted by Crippen LogP contribution is 2.06. The number of aromatic nitrogens is 3. The van der Waals surface area contributed by atoms with Gasteiger partial charge in [0.2, 0.25) is 11.9 Å². The number of hydrogen-bond acceptors (Lipinski definition) is 5. The molecule has 0 aliphatic heterocycles. The van der Waals surface area contributed by atoms with Crippen molar-refractivity contribution in [2.75, 3.05) is 23.7 Å². The molecule has 0 radical (unpaired) electrons. The molecule has 14 heavy (non-hydrogen) atoms. The minimum atomic E-state index is 0.216. The van der Waals surface area contributed by atoms with Gasteiger partial charge >= 0.3 is 0 Å². The molecule has 74 valence electrons. The summed E-state index contributed by atoms with van der Waals surface area (Å²) < 4.78 is 0. The van der Waals surface area contributed by atoms with Crippen LogP contribution in [0.4, 0.5) is 11.9 Å². The van der Waals surface area contributed by atoms with Gasteiger partial charge in [-0.2, -0.15) is 4.98 Å². The van der Waals surface area contributed by atoms with Gasteiger partial charge in [-0.15, -0.1) is 13.2 Å². The van der Waals surface area contributed by atoms with Crippen molar-refractivity contribution in [1.82, 2.24) is 15.0 Å². The molecule has 0 spiro atoms. The van der Waals surface area contributed by atoms with Crippen molar-refractivity contribution in [3.05, 3.63) is 31.6 Å². The molecule has 1 rings (SSSR count). The van der Waals surface area contributed by atoms with Gasteiger partial charge < -0.3 is 10.6 Å². The Labute approximate surface area is 83.0 Å². The van der Waals surface area contributed by atoms with Gasteiger partial charge in [-0.3, -0.25) is 0 Å². The van der Waals surface area contributed by atoms with Crippen LogP contribution in [0.5, 0.6) is 0 Å². The Hall–Kier alpha value is -1.91. The summed E-state index contributed by atoms with van der Waals surface area (Å²) in [6, 6.07) is 0. The van der Waals surface area contributed by atoms with E-state index in [9.17, 15) is 0 Å². The molecule has 0 saturated heterocycles. The van der Waals surface area contributed by atoms with Crippen LogP contribution in [0, 0.1) is 0 Å². The van der Waals surface area contributed by atoms with Gasteiger partial charge in [0.05, 0.1) is 0 Å². The molecule has 0 atom stereocenters. The maximum Gasteiger partial charge on any atom is 0.230 e. The Balaban J connectivity index is 2.85. The molecule has 0 aliphatic carbocycles. The summed E-state index contributed by atoms with van der Waals surface area (Å²) in [5.74, 6) is 0.755. The second-order valence-corrected chi connectivity index (χ2v) is 2.63. The number of nitrogens with zero attached hydrogens (tertiary/aromatic N) is 4. The Bertz CT molecular complexity index is 313. The first-order valence-electron chi connectivity index (χ1n) is 4.19. The van der Waals surface area contributed by atoms with Crippen LogP contribution in [0.25, 0.3) is 0 Å². The molecule has 0 saturated carbocycles. The highest BCUT2D eigenvalue weighted by Gasteiger charge is 2.05. The van der Waals surface area contributed by atoms with Gasteiger partial charge in [-0.1, -0.05) is 12.2 Å². The van der Waals surface area contributed by atoms with Crippen LogP contribution in [0.1, 0.15) is 0 Å². The van der Waals surface area contributed by atoms with Crippen LogP contribution in [0.3, 0.4) is 0 Å². The lowest BCUT2D eigenvalue weighted by atomic mass is 10.5. The summed E-state index contributed by atoms with van der Waals surface area (Å²) in [5.41, 5.74) is 5.45. The van der Waals surface area contributed by atoms with Crippen molar-refractivity contribution in [2.45, 2.75) is 0 Å². The van der Waals surface area contributed by atoms with Gasteiger partial charge in [-0.05, 0) is 0 Å². The third-order valence-corrected chi connectivity index (χ3v) is 1.56. The minimum absolute atomic E-state index is 0.216. The SMILES string of the molecule is C=CCN(CC=C)c1ncnc(N)n1. The molecule has 1 aromatic heterocycles. The first-order chi connectivity index (χ1) is 6.77. The van der Waals surface area contributed by atoms with E-state index in [-0.39, 0.29) is 5.95 Å². The van der Waals surface area contributed by atoms with E-state index in [4.69, 9.17) is 5.73 Å².